The lowest BCUT2D eigenvalue weighted by atomic mass is 10.2. The maximum atomic E-state index is 12.1. The molecule has 0 fully saturated rings. The molecule has 2 rings (SSSR count). The number of carbonyl (C=O) groups excluding carboxylic acids is 2. The minimum Gasteiger partial charge on any atom is -0.484 e. The predicted octanol–water partition coefficient (Wildman–Crippen LogP) is 2.01. The van der Waals surface area contributed by atoms with E-state index >= 15 is 0 Å². The van der Waals surface area contributed by atoms with E-state index < -0.39 is 5.91 Å². The molecule has 0 unspecified atom stereocenters. The average molecular weight is 455 g/mol. The molecule has 0 aliphatic rings. The lowest BCUT2D eigenvalue weighted by Gasteiger charge is -2.12. The third kappa shape index (κ3) is 5.78. The number of para-hydroxylation sites is 1. The predicted molar refractivity (Wildman–Crippen MR) is 102 cm³/mol. The number of amides is 2. The summed E-state index contributed by atoms with van der Waals surface area (Å²) in [4.78, 5) is 23.7. The highest BCUT2D eigenvalue weighted by atomic mass is 127. The minimum absolute atomic E-state index is 0.00675. The van der Waals surface area contributed by atoms with Crippen LogP contribution in [0.4, 0.5) is 0 Å². The van der Waals surface area contributed by atoms with Crippen molar-refractivity contribution in [2.75, 3.05) is 6.61 Å². The van der Waals surface area contributed by atoms with Gasteiger partial charge >= 0.3 is 0 Å². The second kappa shape index (κ2) is 9.18. The van der Waals surface area contributed by atoms with E-state index in [0.717, 1.165) is 3.57 Å². The maximum Gasteiger partial charge on any atom is 0.276 e. The van der Waals surface area contributed by atoms with Crippen molar-refractivity contribution >= 4 is 51.7 Å². The molecule has 0 heterocycles. The summed E-state index contributed by atoms with van der Waals surface area (Å²) >= 11 is 7.03. The molecule has 124 valence electrons. The van der Waals surface area contributed by atoms with E-state index in [1.54, 1.807) is 36.4 Å². The third-order valence-corrected chi connectivity index (χ3v) is 3.92. The molecule has 0 aliphatic heterocycles. The topological polar surface area (TPSA) is 79.5 Å². The van der Waals surface area contributed by atoms with E-state index in [2.05, 4.69) is 38.8 Å². The fraction of sp³-hybridized carbons (Fsp3) is 0.0625. The summed E-state index contributed by atoms with van der Waals surface area (Å²) in [5.41, 5.74) is 5.31. The van der Waals surface area contributed by atoms with Gasteiger partial charge in [-0.15, -0.1) is 0 Å². The van der Waals surface area contributed by atoms with Gasteiger partial charge in [0.05, 0.1) is 5.56 Å². The smallest absolute Gasteiger partial charge is 0.276 e. The molecule has 3 N–H and O–H groups in total. The van der Waals surface area contributed by atoms with Crippen LogP contribution in [0.15, 0.2) is 54.6 Å². The average Bonchev–Trinajstić information content (AvgIpc) is 2.59. The van der Waals surface area contributed by atoms with Crippen molar-refractivity contribution < 1.29 is 14.3 Å². The van der Waals surface area contributed by atoms with E-state index in [4.69, 9.17) is 17.0 Å². The van der Waals surface area contributed by atoms with Crippen LogP contribution in [0.2, 0.25) is 0 Å². The van der Waals surface area contributed by atoms with Gasteiger partial charge in [0.2, 0.25) is 0 Å². The quantitative estimate of drug-likeness (QED) is 0.374. The first-order chi connectivity index (χ1) is 11.6. The number of rotatable bonds is 4. The molecule has 0 aromatic heterocycles. The second-order valence-corrected chi connectivity index (χ2v) is 6.11. The van der Waals surface area contributed by atoms with Crippen molar-refractivity contribution in [3.8, 4) is 5.75 Å². The Morgan fingerprint density at radius 1 is 1.00 bits per heavy atom. The summed E-state index contributed by atoms with van der Waals surface area (Å²) in [6.45, 7) is -0.176. The van der Waals surface area contributed by atoms with Crippen molar-refractivity contribution in [2.45, 2.75) is 0 Å². The molecule has 0 aliphatic carbocycles. The summed E-state index contributed by atoms with van der Waals surface area (Å²) in [5.74, 6) is -0.195. The molecule has 0 bridgehead atoms. The van der Waals surface area contributed by atoms with E-state index in [-0.39, 0.29) is 17.6 Å². The summed E-state index contributed by atoms with van der Waals surface area (Å²) in [5, 5.41) is 2.48. The molecule has 0 saturated carbocycles. The number of benzene rings is 2. The first-order valence-electron chi connectivity index (χ1n) is 6.89. The van der Waals surface area contributed by atoms with Crippen LogP contribution in [-0.4, -0.2) is 23.5 Å². The van der Waals surface area contributed by atoms with Crippen LogP contribution in [-0.2, 0) is 4.79 Å². The highest BCUT2D eigenvalue weighted by Crippen LogP contribution is 2.10. The van der Waals surface area contributed by atoms with Crippen LogP contribution in [0.1, 0.15) is 10.4 Å². The van der Waals surface area contributed by atoms with Gasteiger partial charge in [-0.25, -0.2) is 0 Å². The van der Waals surface area contributed by atoms with Gasteiger partial charge in [-0.05, 0) is 59.1 Å². The Kier molecular flexibility index (Phi) is 6.94. The Balaban J connectivity index is 1.73. The summed E-state index contributed by atoms with van der Waals surface area (Å²) in [6, 6.07) is 16.0. The molecule has 24 heavy (non-hydrogen) atoms. The molecule has 0 spiro atoms. The first kappa shape index (κ1) is 18.1. The van der Waals surface area contributed by atoms with Crippen LogP contribution < -0.4 is 20.9 Å². The zero-order chi connectivity index (χ0) is 17.4. The Labute approximate surface area is 158 Å². The van der Waals surface area contributed by atoms with Crippen LogP contribution >= 0.6 is 34.8 Å². The lowest BCUT2D eigenvalue weighted by Crippen LogP contribution is -2.49. The van der Waals surface area contributed by atoms with Crippen molar-refractivity contribution in [1.29, 1.82) is 0 Å². The van der Waals surface area contributed by atoms with Gasteiger partial charge < -0.3 is 4.74 Å². The Morgan fingerprint density at radius 2 is 1.67 bits per heavy atom. The normalized spacial score (nSPS) is 9.71. The molecular formula is C16H14IN3O3S. The van der Waals surface area contributed by atoms with Crippen molar-refractivity contribution in [3.05, 3.63) is 63.7 Å². The third-order valence-electron chi connectivity index (χ3n) is 2.77. The fourth-order valence-corrected chi connectivity index (χ4v) is 2.45. The molecule has 2 aromatic carbocycles. The highest BCUT2D eigenvalue weighted by molar-refractivity contribution is 14.1. The van der Waals surface area contributed by atoms with E-state index in [9.17, 15) is 9.59 Å². The van der Waals surface area contributed by atoms with E-state index in [1.807, 2.05) is 18.2 Å². The highest BCUT2D eigenvalue weighted by Gasteiger charge is 2.11. The van der Waals surface area contributed by atoms with Gasteiger partial charge in [0, 0.05) is 3.57 Å². The maximum absolute atomic E-state index is 12.1. The van der Waals surface area contributed by atoms with Crippen LogP contribution in [0.25, 0.3) is 0 Å². The van der Waals surface area contributed by atoms with Gasteiger partial charge in [0.1, 0.15) is 5.75 Å². The largest absolute Gasteiger partial charge is 0.484 e. The van der Waals surface area contributed by atoms with Gasteiger partial charge in [-0.1, -0.05) is 30.3 Å². The van der Waals surface area contributed by atoms with Crippen LogP contribution in [0.3, 0.4) is 0 Å². The second-order valence-electron chi connectivity index (χ2n) is 4.54. The van der Waals surface area contributed by atoms with Crippen molar-refractivity contribution in [1.82, 2.24) is 16.2 Å². The lowest BCUT2D eigenvalue weighted by molar-refractivity contribution is -0.123. The fourth-order valence-electron chi connectivity index (χ4n) is 1.68. The first-order valence-corrected chi connectivity index (χ1v) is 8.37. The molecule has 0 atom stereocenters. The standard InChI is InChI=1S/C16H14IN3O3S/c17-13-9-5-4-8-12(13)15(22)18-16(24)20-19-14(21)10-23-11-6-2-1-3-7-11/h1-9H,10H2,(H,19,21)(H2,18,20,22,24). The Bertz CT molecular complexity index is 740. The molecule has 2 aromatic rings. The Morgan fingerprint density at radius 3 is 2.38 bits per heavy atom. The number of carbonyl (C=O) groups is 2. The number of ether oxygens (including phenoxy) is 1. The summed E-state index contributed by atoms with van der Waals surface area (Å²) < 4.78 is 6.08. The zero-order valence-corrected chi connectivity index (χ0v) is 15.4. The van der Waals surface area contributed by atoms with Gasteiger partial charge in [-0.3, -0.25) is 25.8 Å². The minimum atomic E-state index is -0.426. The van der Waals surface area contributed by atoms with Crippen molar-refractivity contribution in [3.63, 3.8) is 0 Å². The monoisotopic (exact) mass is 455 g/mol. The van der Waals surface area contributed by atoms with Crippen molar-refractivity contribution in [2.24, 2.45) is 0 Å². The van der Waals surface area contributed by atoms with Gasteiger partial charge in [0.25, 0.3) is 11.8 Å². The van der Waals surface area contributed by atoms with E-state index in [0.29, 0.717) is 11.3 Å². The number of thiocarbonyl (C=S) groups is 1. The molecule has 2 amide bonds. The van der Waals surface area contributed by atoms with Crippen LogP contribution in [0, 0.1) is 3.57 Å². The molecular weight excluding hydrogens is 441 g/mol. The molecule has 0 radical (unpaired) electrons. The molecule has 8 heteroatoms. The van der Waals surface area contributed by atoms with E-state index in [1.165, 1.54) is 0 Å². The number of hydrazine groups is 1. The number of hydrogen-bond donors (Lipinski definition) is 3. The SMILES string of the molecule is O=C(COc1ccccc1)NNC(=S)NC(=O)c1ccccc1I. The number of halogens is 1. The van der Waals surface area contributed by atoms with Crippen LogP contribution in [0.5, 0.6) is 5.75 Å². The molecule has 0 saturated heterocycles. The van der Waals surface area contributed by atoms with Gasteiger partial charge in [0.15, 0.2) is 11.7 Å². The number of hydrogen-bond acceptors (Lipinski definition) is 4. The molecule has 6 nitrogen and oxygen atoms in total. The summed E-state index contributed by atoms with van der Waals surface area (Å²) in [7, 11) is 0. The Hall–Kier alpha value is -2.20. The zero-order valence-electron chi connectivity index (χ0n) is 12.4. The van der Waals surface area contributed by atoms with Gasteiger partial charge in [-0.2, -0.15) is 0 Å². The number of nitrogens with one attached hydrogen (secondary N) is 3. The summed E-state index contributed by atoms with van der Waals surface area (Å²) in [6.07, 6.45) is 0.